The van der Waals surface area contributed by atoms with E-state index < -0.39 is 0 Å². The molecular formula is C20H23BrN2O3. The van der Waals surface area contributed by atoms with Crippen molar-refractivity contribution in [2.75, 3.05) is 23.9 Å². The molecule has 26 heavy (non-hydrogen) atoms. The highest BCUT2D eigenvalue weighted by Gasteiger charge is 2.14. The van der Waals surface area contributed by atoms with Crippen LogP contribution in [0.4, 0.5) is 11.4 Å². The molecule has 0 heterocycles. The van der Waals surface area contributed by atoms with Gasteiger partial charge in [0.1, 0.15) is 5.75 Å². The summed E-state index contributed by atoms with van der Waals surface area (Å²) >= 11 is 3.40. The van der Waals surface area contributed by atoms with Crippen LogP contribution in [0.1, 0.15) is 37.0 Å². The Labute approximate surface area is 162 Å². The van der Waals surface area contributed by atoms with Gasteiger partial charge in [0.2, 0.25) is 5.91 Å². The van der Waals surface area contributed by atoms with Crippen LogP contribution >= 0.6 is 15.9 Å². The average Bonchev–Trinajstić information content (AvgIpc) is 2.63. The number of rotatable bonds is 7. The van der Waals surface area contributed by atoms with Crippen molar-refractivity contribution < 1.29 is 14.3 Å². The van der Waals surface area contributed by atoms with Crippen molar-refractivity contribution in [3.63, 3.8) is 0 Å². The predicted octanol–water partition coefficient (Wildman–Crippen LogP) is 4.86. The summed E-state index contributed by atoms with van der Waals surface area (Å²) in [5.41, 5.74) is 1.89. The van der Waals surface area contributed by atoms with Crippen molar-refractivity contribution in [2.45, 2.75) is 26.7 Å². The van der Waals surface area contributed by atoms with E-state index in [1.54, 1.807) is 48.3 Å². The highest BCUT2D eigenvalue weighted by molar-refractivity contribution is 9.10. The molecule has 0 aliphatic rings. The Morgan fingerprint density at radius 2 is 1.85 bits per heavy atom. The molecule has 2 aromatic carbocycles. The predicted molar refractivity (Wildman–Crippen MR) is 108 cm³/mol. The smallest absolute Gasteiger partial charge is 0.259 e. The minimum absolute atomic E-state index is 0.0511. The summed E-state index contributed by atoms with van der Waals surface area (Å²) in [5.74, 6) is 0.266. The van der Waals surface area contributed by atoms with E-state index in [1.807, 2.05) is 6.07 Å². The molecular weight excluding hydrogens is 396 g/mol. The maximum atomic E-state index is 12.7. The Morgan fingerprint density at radius 1 is 1.15 bits per heavy atom. The summed E-state index contributed by atoms with van der Waals surface area (Å²) in [7, 11) is 1.71. The van der Waals surface area contributed by atoms with Crippen LogP contribution < -0.4 is 15.0 Å². The minimum atomic E-state index is -0.245. The summed E-state index contributed by atoms with van der Waals surface area (Å²) in [6.45, 7) is 4.17. The Bertz CT molecular complexity index is 775. The fraction of sp³-hybridized carbons (Fsp3) is 0.300. The number of carbonyl (C=O) groups excluding carboxylic acids is 2. The van der Waals surface area contributed by atoms with Gasteiger partial charge in [0.15, 0.2) is 0 Å². The van der Waals surface area contributed by atoms with Crippen LogP contribution in [0.25, 0.3) is 0 Å². The van der Waals surface area contributed by atoms with Gasteiger partial charge in [0.05, 0.1) is 12.2 Å². The van der Waals surface area contributed by atoms with E-state index in [9.17, 15) is 9.59 Å². The third kappa shape index (κ3) is 5.33. The molecule has 0 atom stereocenters. The van der Waals surface area contributed by atoms with Gasteiger partial charge in [-0.25, -0.2) is 0 Å². The van der Waals surface area contributed by atoms with Gasteiger partial charge in [-0.15, -0.1) is 0 Å². The fourth-order valence-corrected chi connectivity index (χ4v) is 2.64. The topological polar surface area (TPSA) is 58.6 Å². The third-order valence-electron chi connectivity index (χ3n) is 3.93. The molecule has 5 nitrogen and oxygen atoms in total. The molecule has 2 rings (SSSR count). The van der Waals surface area contributed by atoms with Crippen molar-refractivity contribution in [2.24, 2.45) is 0 Å². The number of hydrogen-bond donors (Lipinski definition) is 1. The second-order valence-corrected chi connectivity index (χ2v) is 6.84. The number of unbranched alkanes of at least 4 members (excludes halogenated alkanes) is 1. The van der Waals surface area contributed by atoms with E-state index in [-0.39, 0.29) is 11.8 Å². The van der Waals surface area contributed by atoms with Crippen LogP contribution in [-0.4, -0.2) is 25.5 Å². The molecule has 0 aliphatic heterocycles. The van der Waals surface area contributed by atoms with Gasteiger partial charge in [0.25, 0.3) is 5.91 Å². The lowest BCUT2D eigenvalue weighted by atomic mass is 10.1. The Hall–Kier alpha value is -2.34. The molecule has 1 N–H and O–H groups in total. The van der Waals surface area contributed by atoms with Gasteiger partial charge in [-0.05, 0) is 48.9 Å². The number of amides is 2. The van der Waals surface area contributed by atoms with E-state index in [4.69, 9.17) is 4.74 Å². The lowest BCUT2D eigenvalue weighted by Crippen LogP contribution is -2.22. The zero-order valence-electron chi connectivity index (χ0n) is 15.2. The quantitative estimate of drug-likeness (QED) is 0.652. The van der Waals surface area contributed by atoms with Gasteiger partial charge < -0.3 is 15.0 Å². The van der Waals surface area contributed by atoms with Crippen molar-refractivity contribution in [1.82, 2.24) is 0 Å². The molecule has 2 aromatic rings. The van der Waals surface area contributed by atoms with Crippen LogP contribution in [0.15, 0.2) is 46.9 Å². The first-order valence-electron chi connectivity index (χ1n) is 8.50. The molecule has 0 saturated heterocycles. The first-order valence-corrected chi connectivity index (χ1v) is 9.29. The maximum absolute atomic E-state index is 12.7. The molecule has 0 saturated carbocycles. The lowest BCUT2D eigenvalue weighted by molar-refractivity contribution is -0.116. The summed E-state index contributed by atoms with van der Waals surface area (Å²) < 4.78 is 6.55. The molecule has 0 aliphatic carbocycles. The summed E-state index contributed by atoms with van der Waals surface area (Å²) in [5, 5.41) is 2.87. The fourth-order valence-electron chi connectivity index (χ4n) is 2.28. The average molecular weight is 419 g/mol. The van der Waals surface area contributed by atoms with Gasteiger partial charge in [-0.2, -0.15) is 0 Å². The Balaban J connectivity index is 2.14. The first-order chi connectivity index (χ1) is 12.4. The number of hydrogen-bond acceptors (Lipinski definition) is 3. The molecule has 0 unspecified atom stereocenters. The number of carbonyl (C=O) groups is 2. The van der Waals surface area contributed by atoms with Crippen LogP contribution in [0.2, 0.25) is 0 Å². The second-order valence-electron chi connectivity index (χ2n) is 5.92. The normalized spacial score (nSPS) is 10.3. The second kappa shape index (κ2) is 9.38. The third-order valence-corrected chi connectivity index (χ3v) is 4.42. The highest BCUT2D eigenvalue weighted by atomic mass is 79.9. The highest BCUT2D eigenvalue weighted by Crippen LogP contribution is 2.25. The van der Waals surface area contributed by atoms with Crippen LogP contribution in [-0.2, 0) is 4.79 Å². The number of benzene rings is 2. The van der Waals surface area contributed by atoms with E-state index in [1.165, 1.54) is 6.92 Å². The van der Waals surface area contributed by atoms with E-state index in [2.05, 4.69) is 28.2 Å². The molecule has 138 valence electrons. The van der Waals surface area contributed by atoms with Gasteiger partial charge in [-0.1, -0.05) is 29.3 Å². The number of halogens is 1. The van der Waals surface area contributed by atoms with E-state index in [0.717, 1.165) is 23.0 Å². The van der Waals surface area contributed by atoms with Gasteiger partial charge in [0, 0.05) is 29.8 Å². The van der Waals surface area contributed by atoms with Crippen molar-refractivity contribution in [1.29, 1.82) is 0 Å². The molecule has 2 amide bonds. The SMILES string of the molecule is CCCCOc1ccc(Br)cc1C(=O)Nc1ccc(N(C)C(C)=O)cc1. The molecule has 0 fully saturated rings. The number of ether oxygens (including phenoxy) is 1. The van der Waals surface area contributed by atoms with Crippen LogP contribution in [0.3, 0.4) is 0 Å². The van der Waals surface area contributed by atoms with Crippen molar-refractivity contribution in [3.05, 3.63) is 52.5 Å². The number of nitrogens with zero attached hydrogens (tertiary/aromatic N) is 1. The minimum Gasteiger partial charge on any atom is -0.493 e. The van der Waals surface area contributed by atoms with E-state index >= 15 is 0 Å². The molecule has 0 spiro atoms. The van der Waals surface area contributed by atoms with Crippen LogP contribution in [0.5, 0.6) is 5.75 Å². The summed E-state index contributed by atoms with van der Waals surface area (Å²) in [6.07, 6.45) is 1.96. The summed E-state index contributed by atoms with van der Waals surface area (Å²) in [6, 6.07) is 12.5. The zero-order valence-corrected chi connectivity index (χ0v) is 16.8. The number of nitrogens with one attached hydrogen (secondary N) is 1. The lowest BCUT2D eigenvalue weighted by Gasteiger charge is -2.16. The Kier molecular flexibility index (Phi) is 7.21. The number of anilines is 2. The molecule has 0 radical (unpaired) electrons. The van der Waals surface area contributed by atoms with E-state index in [0.29, 0.717) is 23.6 Å². The largest absolute Gasteiger partial charge is 0.493 e. The summed E-state index contributed by atoms with van der Waals surface area (Å²) in [4.78, 5) is 25.6. The Morgan fingerprint density at radius 3 is 2.46 bits per heavy atom. The zero-order chi connectivity index (χ0) is 19.1. The molecule has 0 aromatic heterocycles. The van der Waals surface area contributed by atoms with Gasteiger partial charge in [-0.3, -0.25) is 9.59 Å². The van der Waals surface area contributed by atoms with Crippen molar-refractivity contribution >= 4 is 39.1 Å². The first kappa shape index (κ1) is 20.0. The van der Waals surface area contributed by atoms with Crippen molar-refractivity contribution in [3.8, 4) is 5.75 Å². The van der Waals surface area contributed by atoms with Crippen LogP contribution in [0, 0.1) is 0 Å². The van der Waals surface area contributed by atoms with Gasteiger partial charge >= 0.3 is 0 Å². The standard InChI is InChI=1S/C20H23BrN2O3/c1-4-5-12-26-19-11-6-15(21)13-18(19)20(25)22-16-7-9-17(10-8-16)23(3)14(2)24/h6-11,13H,4-5,12H2,1-3H3,(H,22,25). The maximum Gasteiger partial charge on any atom is 0.259 e. The molecule has 0 bridgehead atoms. The molecule has 6 heteroatoms. The monoisotopic (exact) mass is 418 g/mol.